The monoisotopic (exact) mass is 507 g/mol. The van der Waals surface area contributed by atoms with Gasteiger partial charge in [0.25, 0.3) is 0 Å². The predicted molar refractivity (Wildman–Crippen MR) is 137 cm³/mol. The third kappa shape index (κ3) is 7.74. The third-order valence-electron chi connectivity index (χ3n) is 5.26. The van der Waals surface area contributed by atoms with Crippen molar-refractivity contribution in [3.05, 3.63) is 64.7 Å². The third-order valence-corrected chi connectivity index (χ3v) is 6.64. The summed E-state index contributed by atoms with van der Waals surface area (Å²) >= 11 is 6.07. The highest BCUT2D eigenvalue weighted by molar-refractivity contribution is 7.92. The summed E-state index contributed by atoms with van der Waals surface area (Å²) in [5, 5.41) is 3.30. The lowest BCUT2D eigenvalue weighted by Crippen LogP contribution is -2.55. The Kier molecular flexibility index (Phi) is 9.14. The van der Waals surface area contributed by atoms with Crippen LogP contribution in [0.15, 0.2) is 48.5 Å². The number of anilines is 1. The number of halogens is 1. The Balaban J connectivity index is 2.48. The van der Waals surface area contributed by atoms with E-state index < -0.39 is 34.1 Å². The first-order valence-electron chi connectivity index (χ1n) is 11.1. The Bertz CT molecular complexity index is 1130. The van der Waals surface area contributed by atoms with E-state index in [-0.39, 0.29) is 18.1 Å². The van der Waals surface area contributed by atoms with E-state index in [9.17, 15) is 18.0 Å². The predicted octanol–water partition coefficient (Wildman–Crippen LogP) is 4.14. The average molecular weight is 508 g/mol. The molecule has 0 fully saturated rings. The summed E-state index contributed by atoms with van der Waals surface area (Å²) in [5.74, 6) is -0.768. The summed E-state index contributed by atoms with van der Waals surface area (Å²) in [6, 6.07) is 13.2. The minimum absolute atomic E-state index is 0.175. The Hall–Kier alpha value is -2.58. The molecule has 7 nitrogen and oxygen atoms in total. The molecule has 0 unspecified atom stereocenters. The molecule has 2 aromatic rings. The lowest BCUT2D eigenvalue weighted by Gasteiger charge is -2.34. The number of hydrogen-bond donors (Lipinski definition) is 1. The molecule has 0 aliphatic carbocycles. The number of rotatable bonds is 9. The molecule has 1 N–H and O–H groups in total. The summed E-state index contributed by atoms with van der Waals surface area (Å²) in [4.78, 5) is 28.3. The first-order chi connectivity index (χ1) is 15.7. The van der Waals surface area contributed by atoms with Gasteiger partial charge in [-0.25, -0.2) is 8.42 Å². The Labute approximate surface area is 208 Å². The zero-order valence-corrected chi connectivity index (χ0v) is 22.2. The molecular weight excluding hydrogens is 474 g/mol. The van der Waals surface area contributed by atoms with Crippen molar-refractivity contribution in [1.29, 1.82) is 0 Å². The Morgan fingerprint density at radius 2 is 1.74 bits per heavy atom. The highest BCUT2D eigenvalue weighted by Gasteiger charge is 2.33. The van der Waals surface area contributed by atoms with Gasteiger partial charge in [-0.1, -0.05) is 48.9 Å². The van der Waals surface area contributed by atoms with Crippen LogP contribution in [0.4, 0.5) is 5.69 Å². The first-order valence-corrected chi connectivity index (χ1v) is 13.3. The fraction of sp³-hybridized carbons (Fsp3) is 0.440. The molecule has 34 heavy (non-hydrogen) atoms. The molecule has 2 aromatic carbocycles. The van der Waals surface area contributed by atoms with Crippen molar-refractivity contribution in [3.63, 3.8) is 0 Å². The number of benzene rings is 2. The minimum atomic E-state index is -3.80. The summed E-state index contributed by atoms with van der Waals surface area (Å²) < 4.78 is 26.2. The number of hydrogen-bond acceptors (Lipinski definition) is 4. The number of amides is 2. The fourth-order valence-electron chi connectivity index (χ4n) is 3.59. The van der Waals surface area contributed by atoms with Crippen LogP contribution in [0, 0.1) is 6.92 Å². The van der Waals surface area contributed by atoms with Crippen molar-refractivity contribution in [2.45, 2.75) is 59.2 Å². The normalized spacial score (nSPS) is 12.7. The summed E-state index contributed by atoms with van der Waals surface area (Å²) in [6.07, 6.45) is 1.41. The van der Waals surface area contributed by atoms with Crippen LogP contribution in [0.3, 0.4) is 0 Å². The van der Waals surface area contributed by atoms with Crippen LogP contribution < -0.4 is 9.62 Å². The molecule has 186 valence electrons. The Morgan fingerprint density at radius 3 is 2.26 bits per heavy atom. The van der Waals surface area contributed by atoms with E-state index in [2.05, 4.69) is 5.32 Å². The molecular formula is C25H34ClN3O4S. The van der Waals surface area contributed by atoms with Gasteiger partial charge >= 0.3 is 0 Å². The van der Waals surface area contributed by atoms with E-state index in [0.717, 1.165) is 21.7 Å². The van der Waals surface area contributed by atoms with Crippen LogP contribution in [0.5, 0.6) is 0 Å². The zero-order chi connectivity index (χ0) is 25.7. The quantitative estimate of drug-likeness (QED) is 0.552. The molecule has 0 saturated carbocycles. The van der Waals surface area contributed by atoms with Crippen LogP contribution in [0.1, 0.15) is 45.2 Å². The smallest absolute Gasteiger partial charge is 0.244 e. The highest BCUT2D eigenvalue weighted by atomic mass is 35.5. The van der Waals surface area contributed by atoms with Crippen LogP contribution in [0.25, 0.3) is 0 Å². The van der Waals surface area contributed by atoms with E-state index >= 15 is 0 Å². The SMILES string of the molecule is CC[C@H](C(=O)NC(C)(C)C)N(Cc1ccccc1C)C(=O)CN(c1cccc(Cl)c1)S(C)(=O)=O. The van der Waals surface area contributed by atoms with Gasteiger partial charge < -0.3 is 10.2 Å². The van der Waals surface area contributed by atoms with E-state index in [4.69, 9.17) is 11.6 Å². The van der Waals surface area contributed by atoms with Gasteiger partial charge in [0.05, 0.1) is 11.9 Å². The first kappa shape index (κ1) is 27.7. The van der Waals surface area contributed by atoms with Crippen LogP contribution in [-0.4, -0.2) is 49.5 Å². The van der Waals surface area contributed by atoms with Crippen molar-refractivity contribution in [1.82, 2.24) is 10.2 Å². The topological polar surface area (TPSA) is 86.8 Å². The molecule has 1 atom stereocenters. The van der Waals surface area contributed by atoms with Gasteiger partial charge in [0.15, 0.2) is 0 Å². The average Bonchev–Trinajstić information content (AvgIpc) is 2.70. The molecule has 0 radical (unpaired) electrons. The van der Waals surface area contributed by atoms with Crippen LogP contribution in [-0.2, 0) is 26.2 Å². The summed E-state index contributed by atoms with van der Waals surface area (Å²) in [6.45, 7) is 9.10. The standard InChI is InChI=1S/C25H34ClN3O4S/c1-7-22(24(31)27-25(3,4)5)28(16-19-12-9-8-11-18(19)2)23(30)17-29(34(6,32)33)21-14-10-13-20(26)15-21/h8-15,22H,7,16-17H2,1-6H3,(H,27,31)/t22-/m1/s1. The van der Waals surface area contributed by atoms with Gasteiger partial charge in [0.2, 0.25) is 21.8 Å². The van der Waals surface area contributed by atoms with Gasteiger partial charge in [-0.05, 0) is 63.4 Å². The van der Waals surface area contributed by atoms with E-state index in [1.54, 1.807) is 18.2 Å². The molecule has 0 saturated heterocycles. The number of carbonyl (C=O) groups is 2. The van der Waals surface area contributed by atoms with Crippen LogP contribution in [0.2, 0.25) is 5.02 Å². The van der Waals surface area contributed by atoms with Crippen molar-refractivity contribution in [2.75, 3.05) is 17.1 Å². The second-order valence-electron chi connectivity index (χ2n) is 9.36. The molecule has 0 heterocycles. The van der Waals surface area contributed by atoms with Crippen molar-refractivity contribution in [2.24, 2.45) is 0 Å². The van der Waals surface area contributed by atoms with E-state index in [1.165, 1.54) is 11.0 Å². The molecule has 0 bridgehead atoms. The fourth-order valence-corrected chi connectivity index (χ4v) is 4.61. The van der Waals surface area contributed by atoms with Crippen molar-refractivity contribution >= 4 is 39.1 Å². The number of aryl methyl sites for hydroxylation is 1. The molecule has 0 spiro atoms. The van der Waals surface area contributed by atoms with Crippen molar-refractivity contribution < 1.29 is 18.0 Å². The second-order valence-corrected chi connectivity index (χ2v) is 11.7. The molecule has 2 rings (SSSR count). The van der Waals surface area contributed by atoms with Gasteiger partial charge in [0, 0.05) is 17.1 Å². The molecule has 0 aromatic heterocycles. The molecule has 2 amide bonds. The van der Waals surface area contributed by atoms with Gasteiger partial charge in [-0.2, -0.15) is 0 Å². The maximum Gasteiger partial charge on any atom is 0.244 e. The number of nitrogens with one attached hydrogen (secondary N) is 1. The maximum absolute atomic E-state index is 13.7. The van der Waals surface area contributed by atoms with Crippen molar-refractivity contribution in [3.8, 4) is 0 Å². The number of carbonyl (C=O) groups excluding carboxylic acids is 2. The number of nitrogens with zero attached hydrogens (tertiary/aromatic N) is 2. The van der Waals surface area contributed by atoms with Crippen LogP contribution >= 0.6 is 11.6 Å². The van der Waals surface area contributed by atoms with Gasteiger partial charge in [-0.3, -0.25) is 13.9 Å². The summed E-state index contributed by atoms with van der Waals surface area (Å²) in [7, 11) is -3.80. The number of sulfonamides is 1. The maximum atomic E-state index is 13.7. The molecule has 0 aliphatic rings. The minimum Gasteiger partial charge on any atom is -0.350 e. The van der Waals surface area contributed by atoms with Gasteiger partial charge in [-0.15, -0.1) is 0 Å². The Morgan fingerprint density at radius 1 is 1.09 bits per heavy atom. The summed E-state index contributed by atoms with van der Waals surface area (Å²) in [5.41, 5.74) is 1.65. The lowest BCUT2D eigenvalue weighted by molar-refractivity contribution is -0.141. The highest BCUT2D eigenvalue weighted by Crippen LogP contribution is 2.23. The van der Waals surface area contributed by atoms with E-state index in [0.29, 0.717) is 11.4 Å². The largest absolute Gasteiger partial charge is 0.350 e. The molecule has 9 heteroatoms. The molecule has 0 aliphatic heterocycles. The van der Waals surface area contributed by atoms with E-state index in [1.807, 2.05) is 58.9 Å². The van der Waals surface area contributed by atoms with Gasteiger partial charge in [0.1, 0.15) is 12.6 Å². The zero-order valence-electron chi connectivity index (χ0n) is 20.6. The lowest BCUT2D eigenvalue weighted by atomic mass is 10.0. The second kappa shape index (κ2) is 11.2.